The van der Waals surface area contributed by atoms with Crippen molar-refractivity contribution in [3.8, 4) is 16.9 Å². The number of carbonyl (C=O) groups excluding carboxylic acids is 1. The van der Waals surface area contributed by atoms with E-state index in [0.717, 1.165) is 27.2 Å². The second-order valence-corrected chi connectivity index (χ2v) is 7.49. The minimum Gasteiger partial charge on any atom is -0.505 e. The lowest BCUT2D eigenvalue weighted by Gasteiger charge is -2.24. The van der Waals surface area contributed by atoms with E-state index < -0.39 is 17.6 Å². The fourth-order valence-electron chi connectivity index (χ4n) is 3.59. The SMILES string of the molecule is Cc1cccc(C)c1-c1cccc(N(C(=O)NCCC(=O)O)c2c(O)ccn(C)c2=O)c1. The van der Waals surface area contributed by atoms with E-state index in [2.05, 4.69) is 5.32 Å². The van der Waals surface area contributed by atoms with Crippen LogP contribution in [0.25, 0.3) is 11.1 Å². The Morgan fingerprint density at radius 3 is 2.38 bits per heavy atom. The number of aliphatic carboxylic acids is 1. The number of aryl methyl sites for hydroxylation is 3. The van der Waals surface area contributed by atoms with Gasteiger partial charge in [0.25, 0.3) is 5.56 Å². The summed E-state index contributed by atoms with van der Waals surface area (Å²) in [5, 5.41) is 21.8. The number of carbonyl (C=O) groups is 2. The van der Waals surface area contributed by atoms with Crippen molar-refractivity contribution in [2.24, 2.45) is 7.05 Å². The predicted octanol–water partition coefficient (Wildman–Crippen LogP) is 3.70. The van der Waals surface area contributed by atoms with E-state index in [1.54, 1.807) is 18.2 Å². The van der Waals surface area contributed by atoms with Crippen molar-refractivity contribution >= 4 is 23.4 Å². The van der Waals surface area contributed by atoms with Gasteiger partial charge in [-0.3, -0.25) is 14.5 Å². The molecule has 0 unspecified atom stereocenters. The van der Waals surface area contributed by atoms with E-state index >= 15 is 0 Å². The van der Waals surface area contributed by atoms with Crippen molar-refractivity contribution in [2.45, 2.75) is 20.3 Å². The molecule has 3 aromatic rings. The van der Waals surface area contributed by atoms with Gasteiger partial charge in [-0.1, -0.05) is 30.3 Å². The lowest BCUT2D eigenvalue weighted by atomic mass is 9.95. The van der Waals surface area contributed by atoms with Crippen LogP contribution in [-0.4, -0.2) is 33.3 Å². The Labute approximate surface area is 185 Å². The number of hydrogen-bond acceptors (Lipinski definition) is 4. The molecule has 166 valence electrons. The van der Waals surface area contributed by atoms with Gasteiger partial charge in [0.15, 0.2) is 5.69 Å². The van der Waals surface area contributed by atoms with Crippen LogP contribution in [-0.2, 0) is 11.8 Å². The molecule has 0 radical (unpaired) electrons. The van der Waals surface area contributed by atoms with E-state index in [1.165, 1.54) is 23.9 Å². The number of aromatic hydroxyl groups is 1. The van der Waals surface area contributed by atoms with Crippen molar-refractivity contribution in [3.05, 3.63) is 76.2 Å². The van der Waals surface area contributed by atoms with Gasteiger partial charge < -0.3 is 20.1 Å². The van der Waals surface area contributed by atoms with Crippen LogP contribution < -0.4 is 15.8 Å². The van der Waals surface area contributed by atoms with E-state index in [0.29, 0.717) is 5.69 Å². The molecule has 32 heavy (non-hydrogen) atoms. The third-order valence-corrected chi connectivity index (χ3v) is 5.14. The summed E-state index contributed by atoms with van der Waals surface area (Å²) in [5.74, 6) is -1.42. The molecule has 2 amide bonds. The van der Waals surface area contributed by atoms with Gasteiger partial charge in [-0.25, -0.2) is 4.79 Å². The van der Waals surface area contributed by atoms with Gasteiger partial charge in [0, 0.05) is 19.8 Å². The minimum absolute atomic E-state index is 0.130. The molecule has 0 atom stereocenters. The van der Waals surface area contributed by atoms with Crippen LogP contribution in [0.3, 0.4) is 0 Å². The Morgan fingerprint density at radius 1 is 1.06 bits per heavy atom. The Hall–Kier alpha value is -4.07. The number of nitrogens with zero attached hydrogens (tertiary/aromatic N) is 2. The largest absolute Gasteiger partial charge is 0.505 e. The zero-order valence-corrected chi connectivity index (χ0v) is 18.1. The highest BCUT2D eigenvalue weighted by Gasteiger charge is 2.25. The highest BCUT2D eigenvalue weighted by molar-refractivity contribution is 6.01. The molecule has 0 saturated carbocycles. The highest BCUT2D eigenvalue weighted by atomic mass is 16.4. The van der Waals surface area contributed by atoms with E-state index in [1.807, 2.05) is 38.1 Å². The van der Waals surface area contributed by atoms with Gasteiger partial charge in [-0.05, 0) is 54.3 Å². The van der Waals surface area contributed by atoms with Crippen LogP contribution in [0.15, 0.2) is 59.5 Å². The maximum Gasteiger partial charge on any atom is 0.326 e. The van der Waals surface area contributed by atoms with E-state index in [4.69, 9.17) is 5.11 Å². The fourth-order valence-corrected chi connectivity index (χ4v) is 3.59. The van der Waals surface area contributed by atoms with Crippen molar-refractivity contribution in [1.82, 2.24) is 9.88 Å². The number of carboxylic acids is 1. The lowest BCUT2D eigenvalue weighted by molar-refractivity contribution is -0.136. The zero-order chi connectivity index (χ0) is 23.4. The molecule has 0 saturated heterocycles. The number of anilines is 2. The lowest BCUT2D eigenvalue weighted by Crippen LogP contribution is -2.41. The predicted molar refractivity (Wildman–Crippen MR) is 122 cm³/mol. The number of rotatable bonds is 6. The van der Waals surface area contributed by atoms with Crippen LogP contribution in [0.2, 0.25) is 0 Å². The number of amides is 2. The van der Waals surface area contributed by atoms with Gasteiger partial charge in [-0.2, -0.15) is 0 Å². The standard InChI is InChI=1S/C24H25N3O5/c1-15-6-4-7-16(2)21(15)17-8-5-9-18(14-17)27(24(32)25-12-10-20(29)30)22-19(28)11-13-26(3)23(22)31/h4-9,11,13-14,28H,10,12H2,1-3H3,(H,25,32)(H,29,30). The van der Waals surface area contributed by atoms with Crippen molar-refractivity contribution in [2.75, 3.05) is 11.4 Å². The molecule has 0 spiro atoms. The maximum absolute atomic E-state index is 13.1. The minimum atomic E-state index is -1.06. The summed E-state index contributed by atoms with van der Waals surface area (Å²) in [4.78, 5) is 37.9. The summed E-state index contributed by atoms with van der Waals surface area (Å²) in [5.41, 5.74) is 3.52. The van der Waals surface area contributed by atoms with Gasteiger partial charge in [0.1, 0.15) is 5.75 Å². The first kappa shape index (κ1) is 22.6. The summed E-state index contributed by atoms with van der Waals surface area (Å²) < 4.78 is 1.25. The van der Waals surface area contributed by atoms with Crippen molar-refractivity contribution < 1.29 is 19.8 Å². The molecule has 3 N–H and O–H groups in total. The normalized spacial score (nSPS) is 10.6. The first-order valence-electron chi connectivity index (χ1n) is 10.1. The first-order valence-corrected chi connectivity index (χ1v) is 10.1. The summed E-state index contributed by atoms with van der Waals surface area (Å²) in [6, 6.07) is 13.6. The van der Waals surface area contributed by atoms with Crippen molar-refractivity contribution in [1.29, 1.82) is 0 Å². The third kappa shape index (κ3) is 4.64. The average Bonchev–Trinajstić information content (AvgIpc) is 2.73. The van der Waals surface area contributed by atoms with Gasteiger partial charge in [0.05, 0.1) is 12.1 Å². The zero-order valence-electron chi connectivity index (χ0n) is 18.1. The molecule has 8 nitrogen and oxygen atoms in total. The summed E-state index contributed by atoms with van der Waals surface area (Å²) in [6.07, 6.45) is 1.12. The van der Waals surface area contributed by atoms with Crippen LogP contribution in [0.5, 0.6) is 5.75 Å². The Bertz CT molecular complexity index is 1210. The molecule has 0 aliphatic carbocycles. The topological polar surface area (TPSA) is 112 Å². The Morgan fingerprint density at radius 2 is 1.72 bits per heavy atom. The fraction of sp³-hybridized carbons (Fsp3) is 0.208. The number of pyridine rings is 1. The molecule has 0 aliphatic heterocycles. The summed E-state index contributed by atoms with van der Waals surface area (Å²) in [7, 11) is 1.51. The smallest absolute Gasteiger partial charge is 0.326 e. The first-order chi connectivity index (χ1) is 15.2. The molecule has 2 aromatic carbocycles. The number of nitrogens with one attached hydrogen (secondary N) is 1. The number of aromatic nitrogens is 1. The van der Waals surface area contributed by atoms with Crippen LogP contribution in [0.1, 0.15) is 17.5 Å². The summed E-state index contributed by atoms with van der Waals surface area (Å²) in [6.45, 7) is 3.85. The molecule has 1 aromatic heterocycles. The van der Waals surface area contributed by atoms with E-state index in [-0.39, 0.29) is 24.4 Å². The Kier molecular flexibility index (Phi) is 6.63. The second-order valence-electron chi connectivity index (χ2n) is 7.49. The number of benzene rings is 2. The van der Waals surface area contributed by atoms with Crippen LogP contribution >= 0.6 is 0 Å². The quantitative estimate of drug-likeness (QED) is 0.547. The van der Waals surface area contributed by atoms with Gasteiger partial charge in [0.2, 0.25) is 0 Å². The van der Waals surface area contributed by atoms with Crippen LogP contribution in [0, 0.1) is 13.8 Å². The number of urea groups is 1. The van der Waals surface area contributed by atoms with Crippen LogP contribution in [0.4, 0.5) is 16.2 Å². The molecule has 3 rings (SSSR count). The number of carboxylic acid groups (broad SMARTS) is 1. The maximum atomic E-state index is 13.1. The molecular formula is C24H25N3O5. The van der Waals surface area contributed by atoms with E-state index in [9.17, 15) is 19.5 Å². The molecular weight excluding hydrogens is 410 g/mol. The molecule has 0 fully saturated rings. The monoisotopic (exact) mass is 435 g/mol. The molecule has 0 bridgehead atoms. The van der Waals surface area contributed by atoms with Crippen molar-refractivity contribution in [3.63, 3.8) is 0 Å². The highest BCUT2D eigenvalue weighted by Crippen LogP contribution is 2.34. The van der Waals surface area contributed by atoms with Gasteiger partial charge in [-0.15, -0.1) is 0 Å². The second kappa shape index (κ2) is 9.38. The Balaban J connectivity index is 2.15. The van der Waals surface area contributed by atoms with Gasteiger partial charge >= 0.3 is 12.0 Å². The molecule has 1 heterocycles. The number of hydrogen-bond donors (Lipinski definition) is 3. The summed E-state index contributed by atoms with van der Waals surface area (Å²) >= 11 is 0. The average molecular weight is 435 g/mol. The third-order valence-electron chi connectivity index (χ3n) is 5.14. The molecule has 8 heteroatoms. The molecule has 0 aliphatic rings.